The van der Waals surface area contributed by atoms with Gasteiger partial charge in [-0.2, -0.15) is 18.4 Å². The Bertz CT molecular complexity index is 1180. The zero-order valence-corrected chi connectivity index (χ0v) is 18.7. The molecule has 0 spiro atoms. The summed E-state index contributed by atoms with van der Waals surface area (Å²) >= 11 is 0. The smallest absolute Gasteiger partial charge is 0.394 e. The number of hydrogen-bond donors (Lipinski definition) is 2. The van der Waals surface area contributed by atoms with Crippen molar-refractivity contribution in [3.05, 3.63) is 46.9 Å². The SMILES string of the molecule is N#C/C(=C(\c1ccc2cc(N3CCCCC3)ccc2c1)C(F)(F)F)S(=O)(=O)CCC(O)CO. The van der Waals surface area contributed by atoms with Crippen molar-refractivity contribution in [1.29, 1.82) is 5.26 Å². The lowest BCUT2D eigenvalue weighted by atomic mass is 9.99. The highest BCUT2D eigenvalue weighted by Gasteiger charge is 2.41. The fraction of sp³-hybridized carbons (Fsp3) is 0.435. The molecule has 178 valence electrons. The average molecular weight is 483 g/mol. The molecule has 0 aromatic heterocycles. The third-order valence-electron chi connectivity index (χ3n) is 5.69. The lowest BCUT2D eigenvalue weighted by molar-refractivity contribution is -0.0690. The van der Waals surface area contributed by atoms with E-state index in [4.69, 9.17) is 5.11 Å². The summed E-state index contributed by atoms with van der Waals surface area (Å²) < 4.78 is 67.0. The monoisotopic (exact) mass is 482 g/mol. The fourth-order valence-corrected chi connectivity index (χ4v) is 5.40. The van der Waals surface area contributed by atoms with E-state index in [0.29, 0.717) is 10.8 Å². The molecule has 0 radical (unpaired) electrons. The average Bonchev–Trinajstić information content (AvgIpc) is 2.79. The Morgan fingerprint density at radius 1 is 1.09 bits per heavy atom. The Labute approximate surface area is 190 Å². The van der Waals surface area contributed by atoms with Crippen molar-refractivity contribution >= 4 is 31.9 Å². The Balaban J connectivity index is 2.06. The van der Waals surface area contributed by atoms with E-state index in [9.17, 15) is 32.0 Å². The number of allylic oxidation sites excluding steroid dienone is 2. The molecule has 1 saturated heterocycles. The van der Waals surface area contributed by atoms with Crippen LogP contribution in [0.1, 0.15) is 31.2 Å². The third kappa shape index (κ3) is 5.85. The van der Waals surface area contributed by atoms with Gasteiger partial charge in [-0.3, -0.25) is 0 Å². The molecule has 1 atom stereocenters. The van der Waals surface area contributed by atoms with Crippen molar-refractivity contribution in [2.24, 2.45) is 0 Å². The summed E-state index contributed by atoms with van der Waals surface area (Å²) in [5.41, 5.74) is -0.988. The Kier molecular flexibility index (Phi) is 7.67. The Morgan fingerprint density at radius 3 is 2.33 bits per heavy atom. The number of halogens is 3. The Morgan fingerprint density at radius 2 is 1.73 bits per heavy atom. The van der Waals surface area contributed by atoms with Gasteiger partial charge in [0.2, 0.25) is 0 Å². The molecular weight excluding hydrogens is 457 g/mol. The van der Waals surface area contributed by atoms with Gasteiger partial charge < -0.3 is 15.1 Å². The maximum atomic E-state index is 14.0. The second kappa shape index (κ2) is 10.1. The van der Waals surface area contributed by atoms with E-state index in [0.717, 1.165) is 31.6 Å². The molecule has 3 rings (SSSR count). The number of hydrogen-bond acceptors (Lipinski definition) is 6. The molecule has 1 aliphatic rings. The lowest BCUT2D eigenvalue weighted by Crippen LogP contribution is -2.29. The van der Waals surface area contributed by atoms with E-state index >= 15 is 0 Å². The molecule has 33 heavy (non-hydrogen) atoms. The number of anilines is 1. The van der Waals surface area contributed by atoms with E-state index < -0.39 is 56.9 Å². The molecule has 1 unspecified atom stereocenters. The van der Waals surface area contributed by atoms with Gasteiger partial charge >= 0.3 is 6.18 Å². The van der Waals surface area contributed by atoms with Crippen LogP contribution < -0.4 is 4.90 Å². The zero-order chi connectivity index (χ0) is 24.2. The van der Waals surface area contributed by atoms with E-state index in [1.807, 2.05) is 12.1 Å². The summed E-state index contributed by atoms with van der Waals surface area (Å²) in [5, 5.41) is 28.8. The molecule has 0 saturated carbocycles. The van der Waals surface area contributed by atoms with Crippen LogP contribution in [-0.2, 0) is 9.84 Å². The number of nitrogens with zero attached hydrogens (tertiary/aromatic N) is 2. The largest absolute Gasteiger partial charge is 0.418 e. The molecule has 1 fully saturated rings. The number of rotatable bonds is 7. The van der Waals surface area contributed by atoms with Crippen LogP contribution in [0.25, 0.3) is 16.3 Å². The fourth-order valence-electron chi connectivity index (χ4n) is 3.93. The quantitative estimate of drug-likeness (QED) is 0.583. The van der Waals surface area contributed by atoms with Crippen molar-refractivity contribution in [1.82, 2.24) is 0 Å². The molecule has 6 nitrogen and oxygen atoms in total. The molecule has 0 amide bonds. The highest BCUT2D eigenvalue weighted by Crippen LogP contribution is 2.39. The first-order valence-electron chi connectivity index (χ1n) is 10.6. The molecule has 10 heteroatoms. The van der Waals surface area contributed by atoms with Crippen LogP contribution in [0.3, 0.4) is 0 Å². The minimum atomic E-state index is -5.10. The van der Waals surface area contributed by atoms with Gasteiger partial charge in [0.25, 0.3) is 0 Å². The predicted octanol–water partition coefficient (Wildman–Crippen LogP) is 3.79. The number of alkyl halides is 3. The zero-order valence-electron chi connectivity index (χ0n) is 17.8. The number of sulfone groups is 1. The minimum Gasteiger partial charge on any atom is -0.394 e. The first-order chi connectivity index (χ1) is 15.6. The van der Waals surface area contributed by atoms with Gasteiger partial charge in [-0.15, -0.1) is 0 Å². The first-order valence-corrected chi connectivity index (χ1v) is 12.2. The molecule has 1 heterocycles. The first kappa shape index (κ1) is 25.0. The second-order valence-electron chi connectivity index (χ2n) is 8.05. The number of fused-ring (bicyclic) bond motifs is 1. The van der Waals surface area contributed by atoms with Crippen LogP contribution in [0, 0.1) is 11.3 Å². The summed E-state index contributed by atoms with van der Waals surface area (Å²) in [6, 6.07) is 10.5. The number of piperidine rings is 1. The molecular formula is C23H25F3N2O4S. The standard InChI is InChI=1S/C23H25F3N2O4S/c24-23(25,26)22(21(14-27)33(31,32)11-8-20(30)15-29)18-5-4-17-13-19(7-6-16(17)12-18)28-9-2-1-3-10-28/h4-7,12-13,20,29-30H,1-3,8-11,15H2/b22-21-. The summed E-state index contributed by atoms with van der Waals surface area (Å²) in [6.07, 6.45) is -3.68. The maximum absolute atomic E-state index is 14.0. The van der Waals surface area contributed by atoms with Crippen molar-refractivity contribution in [3.8, 4) is 6.07 Å². The summed E-state index contributed by atoms with van der Waals surface area (Å²) in [7, 11) is -4.66. The minimum absolute atomic E-state index is 0.427. The van der Waals surface area contributed by atoms with Crippen LogP contribution in [-0.4, -0.2) is 56.4 Å². The van der Waals surface area contributed by atoms with E-state index in [2.05, 4.69) is 4.90 Å². The lowest BCUT2D eigenvalue weighted by Gasteiger charge is -2.29. The number of aliphatic hydroxyl groups is 2. The van der Waals surface area contributed by atoms with Crippen molar-refractivity contribution in [2.45, 2.75) is 38.0 Å². The molecule has 0 aliphatic carbocycles. The Hall–Kier alpha value is -2.61. The molecule has 2 aromatic rings. The van der Waals surface area contributed by atoms with Gasteiger partial charge in [0.1, 0.15) is 6.07 Å². The van der Waals surface area contributed by atoms with Gasteiger partial charge in [0.15, 0.2) is 14.7 Å². The van der Waals surface area contributed by atoms with Crippen LogP contribution in [0.2, 0.25) is 0 Å². The van der Waals surface area contributed by atoms with Gasteiger partial charge in [-0.25, -0.2) is 8.42 Å². The van der Waals surface area contributed by atoms with Gasteiger partial charge in [-0.1, -0.05) is 18.2 Å². The van der Waals surface area contributed by atoms with Gasteiger partial charge in [-0.05, 0) is 60.2 Å². The van der Waals surface area contributed by atoms with Gasteiger partial charge in [0, 0.05) is 18.8 Å². The summed E-state index contributed by atoms with van der Waals surface area (Å²) in [5.74, 6) is -0.899. The third-order valence-corrected chi connectivity index (χ3v) is 7.38. The predicted molar refractivity (Wildman–Crippen MR) is 120 cm³/mol. The van der Waals surface area contributed by atoms with Gasteiger partial charge in [0.05, 0.1) is 24.0 Å². The van der Waals surface area contributed by atoms with Crippen LogP contribution in [0.4, 0.5) is 18.9 Å². The van der Waals surface area contributed by atoms with Crippen molar-refractivity contribution in [3.63, 3.8) is 0 Å². The molecule has 1 aliphatic heterocycles. The molecule has 0 bridgehead atoms. The number of aliphatic hydroxyl groups excluding tert-OH is 2. The van der Waals surface area contributed by atoms with E-state index in [1.54, 1.807) is 6.07 Å². The van der Waals surface area contributed by atoms with Crippen LogP contribution in [0.5, 0.6) is 0 Å². The normalized spacial score (nSPS) is 16.9. The second-order valence-corrected chi connectivity index (χ2v) is 10.1. The van der Waals surface area contributed by atoms with Crippen molar-refractivity contribution in [2.75, 3.05) is 30.3 Å². The highest BCUT2D eigenvalue weighted by molar-refractivity contribution is 7.95. The molecule has 2 N–H and O–H groups in total. The van der Waals surface area contributed by atoms with E-state index in [-0.39, 0.29) is 0 Å². The maximum Gasteiger partial charge on any atom is 0.418 e. The summed E-state index contributed by atoms with van der Waals surface area (Å²) in [6.45, 7) is 1.09. The number of benzene rings is 2. The molecule has 2 aromatic carbocycles. The summed E-state index contributed by atoms with van der Waals surface area (Å²) in [4.78, 5) is 0.823. The highest BCUT2D eigenvalue weighted by atomic mass is 32.2. The van der Waals surface area contributed by atoms with Crippen LogP contribution >= 0.6 is 0 Å². The number of nitriles is 1. The topological polar surface area (TPSA) is 102 Å². The van der Waals surface area contributed by atoms with Crippen molar-refractivity contribution < 1.29 is 31.8 Å². The van der Waals surface area contributed by atoms with Crippen LogP contribution in [0.15, 0.2) is 41.3 Å². The van der Waals surface area contributed by atoms with E-state index in [1.165, 1.54) is 30.7 Å².